The Morgan fingerprint density at radius 3 is 3.09 bits per heavy atom. The largest absolute Gasteiger partial charge is 0.262 e. The number of aliphatic imine (C=N–C) groups is 2. The van der Waals surface area contributed by atoms with E-state index in [9.17, 15) is 0 Å². The third kappa shape index (κ3) is 1.97. The summed E-state index contributed by atoms with van der Waals surface area (Å²) in [7, 11) is 0. The van der Waals surface area contributed by atoms with Crippen molar-refractivity contribution >= 4 is 18.7 Å². The van der Waals surface area contributed by atoms with Crippen LogP contribution in [-0.2, 0) is 0 Å². The predicted octanol–water partition coefficient (Wildman–Crippen LogP) is 1.75. The number of aryl methyl sites for hydroxylation is 1. The molecule has 1 aromatic rings. The molecule has 0 aliphatic rings. The monoisotopic (exact) mass is 147 g/mol. The zero-order valence-corrected chi connectivity index (χ0v) is 6.36. The first-order chi connectivity index (χ1) is 5.34. The molecule has 0 spiro atoms. The second kappa shape index (κ2) is 3.61. The number of hydrogen-bond acceptors (Lipinski definition) is 2. The van der Waals surface area contributed by atoms with Gasteiger partial charge in [-0.2, -0.15) is 0 Å². The van der Waals surface area contributed by atoms with Crippen LogP contribution < -0.4 is 0 Å². The molecule has 0 radical (unpaired) electrons. The normalized spacial score (nSPS) is 10.3. The molecule has 56 valence electrons. The molecule has 0 unspecified atom stereocenters. The van der Waals surface area contributed by atoms with Crippen molar-refractivity contribution in [1.82, 2.24) is 4.98 Å². The lowest BCUT2D eigenvalue weighted by molar-refractivity contribution is 1.26. The van der Waals surface area contributed by atoms with Crippen LogP contribution in [0.2, 0.25) is 0 Å². The maximum Gasteiger partial charge on any atom is 0.115 e. The third-order valence-electron chi connectivity index (χ3n) is 1.29. The van der Waals surface area contributed by atoms with Crippen LogP contribution in [0, 0.1) is 6.92 Å². The summed E-state index contributed by atoms with van der Waals surface area (Å²) in [4.78, 5) is 11.4. The van der Waals surface area contributed by atoms with E-state index in [1.807, 2.05) is 13.0 Å². The van der Waals surface area contributed by atoms with E-state index in [0.717, 1.165) is 11.3 Å². The Morgan fingerprint density at radius 1 is 1.64 bits per heavy atom. The summed E-state index contributed by atoms with van der Waals surface area (Å²) < 4.78 is 0. The number of rotatable bonds is 2. The summed E-state index contributed by atoms with van der Waals surface area (Å²) in [5.74, 6) is 0. The summed E-state index contributed by atoms with van der Waals surface area (Å²) >= 11 is 0. The first-order valence-electron chi connectivity index (χ1n) is 3.23. The Morgan fingerprint density at radius 2 is 2.45 bits per heavy atom. The summed E-state index contributed by atoms with van der Waals surface area (Å²) in [6.45, 7) is 5.26. The van der Waals surface area contributed by atoms with Gasteiger partial charge in [0.2, 0.25) is 0 Å². The average Bonchev–Trinajstić information content (AvgIpc) is 2.03. The molecule has 0 amide bonds. The number of nitrogens with zero attached hydrogens (tertiary/aromatic N) is 3. The van der Waals surface area contributed by atoms with E-state index in [1.54, 1.807) is 12.4 Å². The minimum atomic E-state index is 0.833. The van der Waals surface area contributed by atoms with Crippen molar-refractivity contribution in [2.75, 3.05) is 0 Å². The standard InChI is InChI=1S/C8H9N3/c1-7-3-4-10-5-8(7)11-6-9-2/h3-6H,2H2,1H3. The van der Waals surface area contributed by atoms with E-state index in [1.165, 1.54) is 6.34 Å². The quantitative estimate of drug-likeness (QED) is 0.464. The highest BCUT2D eigenvalue weighted by Crippen LogP contribution is 2.14. The first-order valence-corrected chi connectivity index (χ1v) is 3.23. The summed E-state index contributed by atoms with van der Waals surface area (Å²) in [6.07, 6.45) is 4.83. The minimum absolute atomic E-state index is 0.833. The van der Waals surface area contributed by atoms with Gasteiger partial charge in [-0.25, -0.2) is 4.99 Å². The van der Waals surface area contributed by atoms with Crippen LogP contribution >= 0.6 is 0 Å². The molecule has 0 fully saturated rings. The van der Waals surface area contributed by atoms with Gasteiger partial charge in [-0.3, -0.25) is 9.98 Å². The molecular formula is C8H9N3. The number of aromatic nitrogens is 1. The van der Waals surface area contributed by atoms with Crippen LogP contribution in [-0.4, -0.2) is 18.0 Å². The van der Waals surface area contributed by atoms with Gasteiger partial charge in [0.1, 0.15) is 6.34 Å². The summed E-state index contributed by atoms with van der Waals surface area (Å²) in [5.41, 5.74) is 1.92. The van der Waals surface area contributed by atoms with Gasteiger partial charge in [-0.05, 0) is 25.3 Å². The Balaban J connectivity index is 2.94. The van der Waals surface area contributed by atoms with Crippen molar-refractivity contribution in [2.45, 2.75) is 6.92 Å². The van der Waals surface area contributed by atoms with Crippen LogP contribution in [0.5, 0.6) is 0 Å². The maximum atomic E-state index is 4.01. The van der Waals surface area contributed by atoms with Crippen LogP contribution in [0.25, 0.3) is 0 Å². The molecule has 3 nitrogen and oxygen atoms in total. The van der Waals surface area contributed by atoms with E-state index in [-0.39, 0.29) is 0 Å². The SMILES string of the molecule is C=NC=Nc1cnccc1C. The van der Waals surface area contributed by atoms with Crippen LogP contribution in [0.1, 0.15) is 5.56 Å². The van der Waals surface area contributed by atoms with Gasteiger partial charge < -0.3 is 0 Å². The lowest BCUT2D eigenvalue weighted by Gasteiger charge is -1.94. The number of hydrogen-bond donors (Lipinski definition) is 0. The number of pyridine rings is 1. The lowest BCUT2D eigenvalue weighted by Crippen LogP contribution is -1.76. The van der Waals surface area contributed by atoms with Gasteiger partial charge in [0.05, 0.1) is 11.9 Å². The second-order valence-electron chi connectivity index (χ2n) is 2.09. The smallest absolute Gasteiger partial charge is 0.115 e. The van der Waals surface area contributed by atoms with Crippen molar-refractivity contribution in [3.8, 4) is 0 Å². The lowest BCUT2D eigenvalue weighted by atomic mass is 10.3. The Bertz CT molecular complexity index is 278. The first kappa shape index (κ1) is 7.60. The van der Waals surface area contributed by atoms with Gasteiger partial charge in [0, 0.05) is 6.20 Å². The Labute approximate surface area is 65.5 Å². The van der Waals surface area contributed by atoms with Crippen molar-refractivity contribution in [1.29, 1.82) is 0 Å². The highest BCUT2D eigenvalue weighted by molar-refractivity contribution is 5.66. The molecule has 1 heterocycles. The fourth-order valence-corrected chi connectivity index (χ4v) is 0.694. The molecule has 0 saturated carbocycles. The van der Waals surface area contributed by atoms with E-state index in [0.29, 0.717) is 0 Å². The molecule has 1 aromatic heterocycles. The highest BCUT2D eigenvalue weighted by atomic mass is 14.9. The van der Waals surface area contributed by atoms with Gasteiger partial charge in [-0.1, -0.05) is 0 Å². The highest BCUT2D eigenvalue weighted by Gasteiger charge is 1.90. The van der Waals surface area contributed by atoms with Gasteiger partial charge in [0.25, 0.3) is 0 Å². The average molecular weight is 147 g/mol. The summed E-state index contributed by atoms with van der Waals surface area (Å²) in [5, 5.41) is 0. The van der Waals surface area contributed by atoms with Crippen molar-refractivity contribution < 1.29 is 0 Å². The molecule has 0 saturated heterocycles. The van der Waals surface area contributed by atoms with E-state index in [2.05, 4.69) is 21.7 Å². The Hall–Kier alpha value is -1.51. The molecule has 0 bridgehead atoms. The van der Waals surface area contributed by atoms with Crippen LogP contribution in [0.4, 0.5) is 5.69 Å². The summed E-state index contributed by atoms with van der Waals surface area (Å²) in [6, 6.07) is 1.90. The molecule has 0 N–H and O–H groups in total. The fourth-order valence-electron chi connectivity index (χ4n) is 0.694. The molecule has 0 aliphatic carbocycles. The van der Waals surface area contributed by atoms with Gasteiger partial charge >= 0.3 is 0 Å². The maximum absolute atomic E-state index is 4.01. The van der Waals surface area contributed by atoms with Crippen LogP contribution in [0.3, 0.4) is 0 Å². The van der Waals surface area contributed by atoms with Gasteiger partial charge in [-0.15, -0.1) is 0 Å². The molecule has 0 aliphatic heterocycles. The molecule has 3 heteroatoms. The molecule has 11 heavy (non-hydrogen) atoms. The Kier molecular flexibility index (Phi) is 2.49. The van der Waals surface area contributed by atoms with Gasteiger partial charge in [0.15, 0.2) is 0 Å². The molecular weight excluding hydrogens is 138 g/mol. The van der Waals surface area contributed by atoms with Crippen molar-refractivity contribution in [3.05, 3.63) is 24.0 Å². The molecule has 0 atom stereocenters. The molecule has 1 rings (SSSR count). The minimum Gasteiger partial charge on any atom is -0.262 e. The fraction of sp³-hybridized carbons (Fsp3) is 0.125. The molecule has 0 aromatic carbocycles. The van der Waals surface area contributed by atoms with E-state index < -0.39 is 0 Å². The van der Waals surface area contributed by atoms with Crippen molar-refractivity contribution in [3.63, 3.8) is 0 Å². The topological polar surface area (TPSA) is 37.6 Å². The predicted molar refractivity (Wildman–Crippen MR) is 46.7 cm³/mol. The van der Waals surface area contributed by atoms with E-state index in [4.69, 9.17) is 0 Å². The van der Waals surface area contributed by atoms with Crippen LogP contribution in [0.15, 0.2) is 28.4 Å². The third-order valence-corrected chi connectivity index (χ3v) is 1.29. The van der Waals surface area contributed by atoms with E-state index >= 15 is 0 Å². The zero-order valence-electron chi connectivity index (χ0n) is 6.36. The second-order valence-corrected chi connectivity index (χ2v) is 2.09. The van der Waals surface area contributed by atoms with Crippen molar-refractivity contribution in [2.24, 2.45) is 9.98 Å². The zero-order chi connectivity index (χ0) is 8.10.